The third-order valence-electron chi connectivity index (χ3n) is 2.87. The van der Waals surface area contributed by atoms with Crippen molar-refractivity contribution in [3.8, 4) is 0 Å². The molecular weight excluding hydrogens is 288 g/mol. The molecule has 0 radical (unpaired) electrons. The average molecular weight is 302 g/mol. The summed E-state index contributed by atoms with van der Waals surface area (Å²) in [6.07, 6.45) is 0. The van der Waals surface area contributed by atoms with Gasteiger partial charge in [-0.15, -0.1) is 12.6 Å². The van der Waals surface area contributed by atoms with E-state index in [1.807, 2.05) is 5.43 Å². The van der Waals surface area contributed by atoms with Crippen LogP contribution in [0, 0.1) is 0 Å². The van der Waals surface area contributed by atoms with Gasteiger partial charge < -0.3 is 0 Å². The molecule has 0 unspecified atom stereocenters. The molecule has 0 spiro atoms. The summed E-state index contributed by atoms with van der Waals surface area (Å²) >= 11 is 4.16. The predicted octanol–water partition coefficient (Wildman–Crippen LogP) is 1.10. The first-order valence-electron chi connectivity index (χ1n) is 6.02. The number of benzene rings is 2. The number of nitrogens with two attached hydrogens (primary N) is 2. The maximum absolute atomic E-state index is 12.2. The Morgan fingerprint density at radius 3 is 2.00 bits per heavy atom. The largest absolute Gasteiger partial charge is 0.290 e. The number of carbonyl (C=O) groups is 2. The van der Waals surface area contributed by atoms with E-state index in [1.54, 1.807) is 36.4 Å². The Balaban J connectivity index is 2.19. The zero-order valence-electron chi connectivity index (χ0n) is 11.0. The van der Waals surface area contributed by atoms with Gasteiger partial charge in [-0.3, -0.25) is 15.0 Å². The van der Waals surface area contributed by atoms with Crippen molar-refractivity contribution in [2.75, 3.05) is 5.01 Å². The van der Waals surface area contributed by atoms with Gasteiger partial charge in [-0.1, -0.05) is 0 Å². The third-order valence-corrected chi connectivity index (χ3v) is 3.17. The van der Waals surface area contributed by atoms with Crippen LogP contribution < -0.4 is 22.1 Å². The molecular formula is C14H14N4O2S. The predicted molar refractivity (Wildman–Crippen MR) is 82.8 cm³/mol. The summed E-state index contributed by atoms with van der Waals surface area (Å²) in [7, 11) is 0. The molecule has 0 saturated carbocycles. The summed E-state index contributed by atoms with van der Waals surface area (Å²) in [5, 5.41) is 1.01. The normalized spacial score (nSPS) is 10.0. The van der Waals surface area contributed by atoms with Crippen LogP contribution in [0.3, 0.4) is 0 Å². The number of nitrogens with one attached hydrogen (secondary N) is 1. The molecule has 7 heteroatoms. The number of hydrogen-bond donors (Lipinski definition) is 4. The van der Waals surface area contributed by atoms with Gasteiger partial charge in [0.15, 0.2) is 0 Å². The highest BCUT2D eigenvalue weighted by molar-refractivity contribution is 7.80. The van der Waals surface area contributed by atoms with Crippen molar-refractivity contribution in [1.29, 1.82) is 0 Å². The maximum atomic E-state index is 12.2. The molecule has 0 saturated heterocycles. The Hall–Kier alpha value is -2.35. The Kier molecular flexibility index (Phi) is 4.59. The molecule has 0 aromatic heterocycles. The van der Waals surface area contributed by atoms with Crippen LogP contribution in [0.4, 0.5) is 5.69 Å². The minimum atomic E-state index is -0.416. The van der Waals surface area contributed by atoms with Crippen molar-refractivity contribution >= 4 is 30.1 Å². The lowest BCUT2D eigenvalue weighted by Crippen LogP contribution is -2.37. The first-order chi connectivity index (χ1) is 10.0. The number of hydrazine groups is 2. The number of anilines is 1. The van der Waals surface area contributed by atoms with Gasteiger partial charge in [0.2, 0.25) is 0 Å². The van der Waals surface area contributed by atoms with Gasteiger partial charge in [0, 0.05) is 16.0 Å². The molecule has 0 atom stereocenters. The second-order valence-electron chi connectivity index (χ2n) is 4.24. The molecule has 2 amide bonds. The van der Waals surface area contributed by atoms with Gasteiger partial charge in [0.05, 0.1) is 5.69 Å². The van der Waals surface area contributed by atoms with Crippen LogP contribution in [-0.2, 0) is 0 Å². The highest BCUT2D eigenvalue weighted by Gasteiger charge is 2.14. The molecule has 2 aromatic rings. The third kappa shape index (κ3) is 3.40. The fourth-order valence-corrected chi connectivity index (χ4v) is 1.87. The second-order valence-corrected chi connectivity index (χ2v) is 4.76. The second kappa shape index (κ2) is 6.40. The van der Waals surface area contributed by atoms with E-state index in [0.717, 1.165) is 9.90 Å². The van der Waals surface area contributed by atoms with Gasteiger partial charge >= 0.3 is 0 Å². The highest BCUT2D eigenvalue weighted by Crippen LogP contribution is 2.16. The van der Waals surface area contributed by atoms with Crippen LogP contribution in [0.25, 0.3) is 0 Å². The van der Waals surface area contributed by atoms with Crippen LogP contribution in [-0.4, -0.2) is 11.8 Å². The first kappa shape index (κ1) is 15.0. The van der Waals surface area contributed by atoms with Crippen molar-refractivity contribution in [1.82, 2.24) is 5.43 Å². The SMILES string of the molecule is NNC(=O)c1ccc(N(N)C(=O)c2ccc(S)cc2)cc1. The monoisotopic (exact) mass is 302 g/mol. The minimum Gasteiger partial charge on any atom is -0.290 e. The fraction of sp³-hybridized carbons (Fsp3) is 0. The summed E-state index contributed by atoms with van der Waals surface area (Å²) in [6.45, 7) is 0. The summed E-state index contributed by atoms with van der Waals surface area (Å²) in [5.41, 5.74) is 3.31. The van der Waals surface area contributed by atoms with Crippen LogP contribution in [0.5, 0.6) is 0 Å². The lowest BCUT2D eigenvalue weighted by Gasteiger charge is -2.17. The van der Waals surface area contributed by atoms with E-state index in [1.165, 1.54) is 12.1 Å². The van der Waals surface area contributed by atoms with Gasteiger partial charge in [-0.2, -0.15) is 0 Å². The van der Waals surface area contributed by atoms with Crippen molar-refractivity contribution < 1.29 is 9.59 Å². The van der Waals surface area contributed by atoms with Crippen molar-refractivity contribution in [3.05, 3.63) is 59.7 Å². The first-order valence-corrected chi connectivity index (χ1v) is 6.47. The van der Waals surface area contributed by atoms with E-state index in [0.29, 0.717) is 16.8 Å². The number of amides is 2. The maximum Gasteiger partial charge on any atom is 0.272 e. The van der Waals surface area contributed by atoms with E-state index in [4.69, 9.17) is 11.7 Å². The zero-order chi connectivity index (χ0) is 15.4. The number of nitrogen functional groups attached to an aromatic ring is 1. The molecule has 0 bridgehead atoms. The van der Waals surface area contributed by atoms with E-state index in [9.17, 15) is 9.59 Å². The van der Waals surface area contributed by atoms with Crippen LogP contribution in [0.1, 0.15) is 20.7 Å². The van der Waals surface area contributed by atoms with Gasteiger partial charge in [-0.25, -0.2) is 16.7 Å². The summed E-state index contributed by atoms with van der Waals surface area (Å²) in [6, 6.07) is 12.9. The molecule has 0 aliphatic rings. The summed E-state index contributed by atoms with van der Waals surface area (Å²) in [5.74, 6) is 10.1. The topological polar surface area (TPSA) is 101 Å². The fourth-order valence-electron chi connectivity index (χ4n) is 1.72. The number of nitrogens with zero attached hydrogens (tertiary/aromatic N) is 1. The molecule has 6 nitrogen and oxygen atoms in total. The molecule has 21 heavy (non-hydrogen) atoms. The van der Waals surface area contributed by atoms with E-state index in [2.05, 4.69) is 12.6 Å². The molecule has 0 heterocycles. The summed E-state index contributed by atoms with van der Waals surface area (Å²) in [4.78, 5) is 24.3. The molecule has 0 aliphatic heterocycles. The number of rotatable bonds is 3. The van der Waals surface area contributed by atoms with Crippen LogP contribution in [0.2, 0.25) is 0 Å². The quantitative estimate of drug-likeness (QED) is 0.295. The molecule has 2 rings (SSSR count). The average Bonchev–Trinajstić information content (AvgIpc) is 2.53. The molecule has 0 fully saturated rings. The highest BCUT2D eigenvalue weighted by atomic mass is 32.1. The molecule has 108 valence electrons. The van der Waals surface area contributed by atoms with Crippen molar-refractivity contribution in [2.24, 2.45) is 11.7 Å². The minimum absolute atomic E-state index is 0.362. The molecule has 2 aromatic carbocycles. The standard InChI is InChI=1S/C14H14N4O2S/c15-17-13(19)9-1-5-11(6-2-9)18(16)14(20)10-3-7-12(21)8-4-10/h1-8,21H,15-16H2,(H,17,19). The Morgan fingerprint density at radius 2 is 1.48 bits per heavy atom. The Labute approximate surface area is 127 Å². The van der Waals surface area contributed by atoms with Crippen LogP contribution >= 0.6 is 12.6 Å². The van der Waals surface area contributed by atoms with Crippen molar-refractivity contribution in [2.45, 2.75) is 4.90 Å². The van der Waals surface area contributed by atoms with E-state index in [-0.39, 0.29) is 5.91 Å². The lowest BCUT2D eigenvalue weighted by atomic mass is 10.1. The smallest absolute Gasteiger partial charge is 0.272 e. The Morgan fingerprint density at radius 1 is 0.952 bits per heavy atom. The van der Waals surface area contributed by atoms with Gasteiger partial charge in [0.1, 0.15) is 0 Å². The molecule has 5 N–H and O–H groups in total. The zero-order valence-corrected chi connectivity index (χ0v) is 11.9. The van der Waals surface area contributed by atoms with Gasteiger partial charge in [0.25, 0.3) is 11.8 Å². The van der Waals surface area contributed by atoms with Crippen molar-refractivity contribution in [3.63, 3.8) is 0 Å². The van der Waals surface area contributed by atoms with E-state index >= 15 is 0 Å². The van der Waals surface area contributed by atoms with Gasteiger partial charge in [-0.05, 0) is 48.5 Å². The van der Waals surface area contributed by atoms with Crippen LogP contribution in [0.15, 0.2) is 53.4 Å². The number of hydrogen-bond acceptors (Lipinski definition) is 5. The number of carbonyl (C=O) groups excluding carboxylic acids is 2. The molecule has 0 aliphatic carbocycles. The number of thiol groups is 1. The Bertz CT molecular complexity index is 656. The lowest BCUT2D eigenvalue weighted by molar-refractivity contribution is 0.0952. The summed E-state index contributed by atoms with van der Waals surface area (Å²) < 4.78 is 0. The van der Waals surface area contributed by atoms with E-state index < -0.39 is 5.91 Å².